The van der Waals surface area contributed by atoms with Crippen molar-refractivity contribution in [3.8, 4) is 0 Å². The van der Waals surface area contributed by atoms with Gasteiger partial charge in [0.2, 0.25) is 5.91 Å². The zero-order valence-corrected chi connectivity index (χ0v) is 11.3. The second-order valence-electron chi connectivity index (χ2n) is 3.87. The van der Waals surface area contributed by atoms with Crippen molar-refractivity contribution in [2.45, 2.75) is 18.9 Å². The van der Waals surface area contributed by atoms with Crippen LogP contribution in [0.25, 0.3) is 0 Å². The van der Waals surface area contributed by atoms with E-state index in [0.29, 0.717) is 13.0 Å². The highest BCUT2D eigenvalue weighted by Gasteiger charge is 2.16. The Bertz CT molecular complexity index is 420. The van der Waals surface area contributed by atoms with Crippen molar-refractivity contribution in [3.05, 3.63) is 34.3 Å². The third kappa shape index (κ3) is 5.29. The second kappa shape index (κ2) is 7.13. The van der Waals surface area contributed by atoms with Crippen molar-refractivity contribution >= 4 is 27.8 Å². The van der Waals surface area contributed by atoms with Crippen LogP contribution in [0.5, 0.6) is 0 Å². The van der Waals surface area contributed by atoms with Crippen molar-refractivity contribution in [2.24, 2.45) is 5.73 Å². The molecule has 98 valence electrons. The lowest BCUT2D eigenvalue weighted by Gasteiger charge is -2.10. The fourth-order valence-electron chi connectivity index (χ4n) is 1.39. The lowest BCUT2D eigenvalue weighted by Crippen LogP contribution is -2.42. The number of amides is 1. The molecule has 1 atom stereocenters. The highest BCUT2D eigenvalue weighted by atomic mass is 79.9. The quantitative estimate of drug-likeness (QED) is 0.727. The molecule has 1 aromatic rings. The maximum absolute atomic E-state index is 11.4. The number of nitrogens with two attached hydrogens (primary N) is 1. The van der Waals surface area contributed by atoms with E-state index in [-0.39, 0.29) is 6.42 Å². The molecule has 0 heterocycles. The number of carbonyl (C=O) groups is 2. The number of nitrogens with one attached hydrogen (secondary N) is 1. The Labute approximate surface area is 113 Å². The Morgan fingerprint density at radius 3 is 2.50 bits per heavy atom. The van der Waals surface area contributed by atoms with Crippen LogP contribution in [-0.4, -0.2) is 29.6 Å². The molecule has 0 aliphatic heterocycles. The maximum atomic E-state index is 11.4. The molecule has 5 nitrogen and oxygen atoms in total. The van der Waals surface area contributed by atoms with Gasteiger partial charge in [-0.3, -0.25) is 9.59 Å². The predicted octanol–water partition coefficient (Wildman–Crippen LogP) is 0.910. The van der Waals surface area contributed by atoms with Gasteiger partial charge in [-0.05, 0) is 24.1 Å². The van der Waals surface area contributed by atoms with Gasteiger partial charge in [-0.1, -0.05) is 28.1 Å². The van der Waals surface area contributed by atoms with Crippen molar-refractivity contribution in [2.75, 3.05) is 6.54 Å². The molecule has 0 aromatic heterocycles. The Morgan fingerprint density at radius 2 is 1.94 bits per heavy atom. The van der Waals surface area contributed by atoms with Crippen LogP contribution in [0.15, 0.2) is 28.7 Å². The van der Waals surface area contributed by atoms with E-state index in [0.717, 1.165) is 10.0 Å². The summed E-state index contributed by atoms with van der Waals surface area (Å²) in [4.78, 5) is 21.8. The maximum Gasteiger partial charge on any atom is 0.305 e. The SMILES string of the molecule is NC(CC(=O)O)C(=O)NCCc1ccc(Br)cc1. The fraction of sp³-hybridized carbons (Fsp3) is 0.333. The summed E-state index contributed by atoms with van der Waals surface area (Å²) < 4.78 is 0.999. The summed E-state index contributed by atoms with van der Waals surface area (Å²) in [6.45, 7) is 0.438. The Balaban J connectivity index is 2.31. The summed E-state index contributed by atoms with van der Waals surface area (Å²) in [5.41, 5.74) is 6.51. The Morgan fingerprint density at radius 1 is 1.33 bits per heavy atom. The number of hydrogen-bond acceptors (Lipinski definition) is 3. The van der Waals surface area contributed by atoms with Gasteiger partial charge >= 0.3 is 5.97 Å². The van der Waals surface area contributed by atoms with Crippen molar-refractivity contribution in [1.29, 1.82) is 0 Å². The van der Waals surface area contributed by atoms with Crippen LogP contribution >= 0.6 is 15.9 Å². The number of carboxylic acid groups (broad SMARTS) is 1. The molecule has 1 aromatic carbocycles. The Kier molecular flexibility index (Phi) is 5.80. The van der Waals surface area contributed by atoms with Crippen LogP contribution in [0, 0.1) is 0 Å². The third-order valence-corrected chi connectivity index (χ3v) is 2.89. The lowest BCUT2D eigenvalue weighted by molar-refractivity contribution is -0.139. The van der Waals surface area contributed by atoms with Gasteiger partial charge in [-0.2, -0.15) is 0 Å². The molecule has 0 radical (unpaired) electrons. The second-order valence-corrected chi connectivity index (χ2v) is 4.79. The van der Waals surface area contributed by atoms with Crippen molar-refractivity contribution < 1.29 is 14.7 Å². The van der Waals surface area contributed by atoms with E-state index in [2.05, 4.69) is 21.2 Å². The lowest BCUT2D eigenvalue weighted by atomic mass is 10.1. The van der Waals surface area contributed by atoms with Crippen LogP contribution in [-0.2, 0) is 16.0 Å². The minimum absolute atomic E-state index is 0.357. The largest absolute Gasteiger partial charge is 0.481 e. The van der Waals surface area contributed by atoms with E-state index in [1.807, 2.05) is 24.3 Å². The van der Waals surface area contributed by atoms with Gasteiger partial charge in [0.05, 0.1) is 12.5 Å². The standard InChI is InChI=1S/C12H15BrN2O3/c13-9-3-1-8(2-4-9)5-6-15-12(18)10(14)7-11(16)17/h1-4,10H,5-7,14H2,(H,15,18)(H,16,17). The first-order valence-corrected chi connectivity index (χ1v) is 6.28. The third-order valence-electron chi connectivity index (χ3n) is 2.36. The van der Waals surface area contributed by atoms with E-state index in [9.17, 15) is 9.59 Å². The van der Waals surface area contributed by atoms with E-state index >= 15 is 0 Å². The minimum Gasteiger partial charge on any atom is -0.481 e. The van der Waals surface area contributed by atoms with Crippen molar-refractivity contribution in [3.63, 3.8) is 0 Å². The molecular weight excluding hydrogens is 300 g/mol. The van der Waals surface area contributed by atoms with Gasteiger partial charge in [-0.25, -0.2) is 0 Å². The van der Waals surface area contributed by atoms with Gasteiger partial charge in [0.1, 0.15) is 0 Å². The molecule has 4 N–H and O–H groups in total. The highest BCUT2D eigenvalue weighted by molar-refractivity contribution is 9.10. The van der Waals surface area contributed by atoms with E-state index < -0.39 is 17.9 Å². The van der Waals surface area contributed by atoms with Gasteiger partial charge in [0, 0.05) is 11.0 Å². The minimum atomic E-state index is -1.08. The number of carbonyl (C=O) groups excluding carboxylic acids is 1. The Hall–Kier alpha value is -1.40. The molecule has 6 heteroatoms. The molecule has 0 aliphatic carbocycles. The zero-order valence-electron chi connectivity index (χ0n) is 9.73. The summed E-state index contributed by atoms with van der Waals surface area (Å²) in [6.07, 6.45) is 0.322. The topological polar surface area (TPSA) is 92.4 Å². The molecule has 1 amide bonds. The smallest absolute Gasteiger partial charge is 0.305 e. The molecule has 1 unspecified atom stereocenters. The molecule has 0 fully saturated rings. The first-order chi connectivity index (χ1) is 8.49. The first kappa shape index (κ1) is 14.7. The van der Waals surface area contributed by atoms with Crippen LogP contribution in [0.3, 0.4) is 0 Å². The monoisotopic (exact) mass is 314 g/mol. The van der Waals surface area contributed by atoms with E-state index in [1.165, 1.54) is 0 Å². The number of rotatable bonds is 6. The summed E-state index contributed by atoms with van der Waals surface area (Å²) in [5.74, 6) is -1.51. The number of halogens is 1. The summed E-state index contributed by atoms with van der Waals surface area (Å²) >= 11 is 3.34. The number of hydrogen-bond donors (Lipinski definition) is 3. The van der Waals surface area contributed by atoms with Gasteiger partial charge < -0.3 is 16.2 Å². The normalized spacial score (nSPS) is 11.9. The molecule has 0 saturated heterocycles. The molecule has 18 heavy (non-hydrogen) atoms. The summed E-state index contributed by atoms with van der Waals surface area (Å²) in [6, 6.07) is 6.76. The molecule has 1 rings (SSSR count). The van der Waals surface area contributed by atoms with Crippen molar-refractivity contribution in [1.82, 2.24) is 5.32 Å². The number of aliphatic carboxylic acids is 1. The van der Waals surface area contributed by atoms with Crippen LogP contribution in [0.1, 0.15) is 12.0 Å². The molecule has 0 bridgehead atoms. The number of benzene rings is 1. The highest BCUT2D eigenvalue weighted by Crippen LogP contribution is 2.10. The fourth-order valence-corrected chi connectivity index (χ4v) is 1.66. The van der Waals surface area contributed by atoms with Gasteiger partial charge in [0.15, 0.2) is 0 Å². The van der Waals surface area contributed by atoms with Gasteiger partial charge in [-0.15, -0.1) is 0 Å². The van der Waals surface area contributed by atoms with Gasteiger partial charge in [0.25, 0.3) is 0 Å². The average Bonchev–Trinajstić information content (AvgIpc) is 2.30. The molecular formula is C12H15BrN2O3. The molecule has 0 saturated carbocycles. The van der Waals surface area contributed by atoms with Crippen LogP contribution in [0.2, 0.25) is 0 Å². The van der Waals surface area contributed by atoms with E-state index in [1.54, 1.807) is 0 Å². The summed E-state index contributed by atoms with van der Waals surface area (Å²) in [5, 5.41) is 11.1. The predicted molar refractivity (Wildman–Crippen MR) is 71.1 cm³/mol. The molecule has 0 spiro atoms. The summed E-state index contributed by atoms with van der Waals surface area (Å²) in [7, 11) is 0. The first-order valence-electron chi connectivity index (χ1n) is 5.48. The zero-order chi connectivity index (χ0) is 13.5. The van der Waals surface area contributed by atoms with E-state index in [4.69, 9.17) is 10.8 Å². The molecule has 0 aliphatic rings. The average molecular weight is 315 g/mol. The van der Waals surface area contributed by atoms with Crippen LogP contribution in [0.4, 0.5) is 0 Å². The number of carboxylic acids is 1. The van der Waals surface area contributed by atoms with Crippen LogP contribution < -0.4 is 11.1 Å².